The van der Waals surface area contributed by atoms with Gasteiger partial charge in [0.1, 0.15) is 17.6 Å². The molecule has 0 saturated heterocycles. The van der Waals surface area contributed by atoms with E-state index in [1.54, 1.807) is 36.4 Å². The maximum absolute atomic E-state index is 12.0. The van der Waals surface area contributed by atoms with Crippen molar-refractivity contribution in [2.45, 2.75) is 0 Å². The highest BCUT2D eigenvalue weighted by molar-refractivity contribution is 6.13. The first-order valence-corrected chi connectivity index (χ1v) is 8.60. The molecule has 2 aromatic carbocycles. The summed E-state index contributed by atoms with van der Waals surface area (Å²) in [6.45, 7) is 0. The summed E-state index contributed by atoms with van der Waals surface area (Å²) >= 11 is 0. The molecule has 0 radical (unpaired) electrons. The Morgan fingerprint density at radius 3 is 2.47 bits per heavy atom. The molecule has 0 aliphatic carbocycles. The van der Waals surface area contributed by atoms with Crippen molar-refractivity contribution in [2.75, 3.05) is 7.11 Å². The van der Waals surface area contributed by atoms with Gasteiger partial charge in [-0.3, -0.25) is 4.98 Å². The maximum atomic E-state index is 12.0. The van der Waals surface area contributed by atoms with Crippen LogP contribution in [0.15, 0.2) is 80.9 Å². The van der Waals surface area contributed by atoms with Gasteiger partial charge in [0.05, 0.1) is 7.11 Å². The minimum absolute atomic E-state index is 0.0320. The highest BCUT2D eigenvalue weighted by atomic mass is 16.6. The molecule has 30 heavy (non-hydrogen) atoms. The van der Waals surface area contributed by atoms with Gasteiger partial charge in [-0.25, -0.2) is 19.4 Å². The first-order valence-electron chi connectivity index (χ1n) is 8.60. The third kappa shape index (κ3) is 4.71. The SMILES string of the molecule is COc1cccc(C=C2N=C(c3ccccc3)OC2=O)c1C(=O)O.O=c1[nH]cco1. The zero-order valence-electron chi connectivity index (χ0n) is 15.7. The lowest BCUT2D eigenvalue weighted by Gasteiger charge is -2.07. The second kappa shape index (κ2) is 9.20. The Morgan fingerprint density at radius 2 is 1.90 bits per heavy atom. The number of rotatable bonds is 4. The van der Waals surface area contributed by atoms with E-state index >= 15 is 0 Å². The van der Waals surface area contributed by atoms with Crippen LogP contribution in [0, 0.1) is 0 Å². The quantitative estimate of drug-likeness (QED) is 0.501. The number of esters is 1. The zero-order chi connectivity index (χ0) is 21.5. The Hall–Kier alpha value is -4.40. The lowest BCUT2D eigenvalue weighted by molar-refractivity contribution is -0.129. The molecular formula is C21H16N2O7. The Kier molecular flexibility index (Phi) is 6.23. The van der Waals surface area contributed by atoms with Crippen LogP contribution in [0.5, 0.6) is 5.75 Å². The van der Waals surface area contributed by atoms with E-state index in [0.29, 0.717) is 11.1 Å². The molecule has 3 aromatic rings. The van der Waals surface area contributed by atoms with Gasteiger partial charge in [0.15, 0.2) is 5.70 Å². The molecule has 0 unspecified atom stereocenters. The van der Waals surface area contributed by atoms with Gasteiger partial charge in [-0.1, -0.05) is 30.3 Å². The summed E-state index contributed by atoms with van der Waals surface area (Å²) in [6, 6.07) is 13.7. The van der Waals surface area contributed by atoms with Crippen molar-refractivity contribution in [3.63, 3.8) is 0 Å². The molecule has 1 aliphatic rings. The number of aromatic carboxylic acids is 1. The Balaban J connectivity index is 0.000000367. The first-order chi connectivity index (χ1) is 14.5. The Labute approximate surface area is 169 Å². The number of carboxylic acids is 1. The molecule has 9 heteroatoms. The van der Waals surface area contributed by atoms with E-state index in [2.05, 4.69) is 14.4 Å². The van der Waals surface area contributed by atoms with Crippen molar-refractivity contribution in [1.29, 1.82) is 0 Å². The average Bonchev–Trinajstić information content (AvgIpc) is 3.37. The van der Waals surface area contributed by atoms with Crippen LogP contribution in [-0.2, 0) is 9.53 Å². The molecule has 0 saturated carbocycles. The summed E-state index contributed by atoms with van der Waals surface area (Å²) in [5.74, 6) is -1.80. The third-order valence-electron chi connectivity index (χ3n) is 3.87. The number of nitrogens with one attached hydrogen (secondary N) is 1. The number of nitrogens with zero attached hydrogens (tertiary/aromatic N) is 1. The number of cyclic esters (lactones) is 1. The van der Waals surface area contributed by atoms with E-state index in [1.165, 1.54) is 31.7 Å². The van der Waals surface area contributed by atoms with Crippen LogP contribution in [0.2, 0.25) is 0 Å². The topological polar surface area (TPSA) is 131 Å². The predicted octanol–water partition coefficient (Wildman–Crippen LogP) is 2.71. The largest absolute Gasteiger partial charge is 0.496 e. The van der Waals surface area contributed by atoms with Crippen LogP contribution in [0.1, 0.15) is 21.5 Å². The molecule has 0 spiro atoms. The van der Waals surface area contributed by atoms with Gasteiger partial charge < -0.3 is 19.0 Å². The molecule has 1 aliphatic heterocycles. The number of hydrogen-bond acceptors (Lipinski definition) is 7. The smallest absolute Gasteiger partial charge is 0.416 e. The summed E-state index contributed by atoms with van der Waals surface area (Å²) in [5.41, 5.74) is 0.971. The molecule has 152 valence electrons. The summed E-state index contributed by atoms with van der Waals surface area (Å²) < 4.78 is 14.4. The second-order valence-corrected chi connectivity index (χ2v) is 5.78. The second-order valence-electron chi connectivity index (χ2n) is 5.78. The number of oxazole rings is 1. The molecule has 0 bridgehead atoms. The number of hydrogen-bond donors (Lipinski definition) is 2. The van der Waals surface area contributed by atoms with Crippen LogP contribution in [0.25, 0.3) is 6.08 Å². The van der Waals surface area contributed by atoms with E-state index < -0.39 is 17.7 Å². The van der Waals surface area contributed by atoms with E-state index in [0.717, 1.165) is 0 Å². The predicted molar refractivity (Wildman–Crippen MR) is 106 cm³/mol. The fraction of sp³-hybridized carbons (Fsp3) is 0.0476. The minimum Gasteiger partial charge on any atom is -0.496 e. The van der Waals surface area contributed by atoms with Gasteiger partial charge in [0.25, 0.3) is 0 Å². The van der Waals surface area contributed by atoms with Crippen LogP contribution >= 0.6 is 0 Å². The first kappa shape index (κ1) is 20.3. The highest BCUT2D eigenvalue weighted by Gasteiger charge is 2.25. The average molecular weight is 408 g/mol. The van der Waals surface area contributed by atoms with E-state index in [1.807, 2.05) is 6.07 Å². The van der Waals surface area contributed by atoms with Gasteiger partial charge in [-0.15, -0.1) is 0 Å². The number of carbonyl (C=O) groups excluding carboxylic acids is 1. The van der Waals surface area contributed by atoms with Gasteiger partial charge in [0, 0.05) is 11.8 Å². The van der Waals surface area contributed by atoms with Crippen LogP contribution in [0.4, 0.5) is 0 Å². The van der Waals surface area contributed by atoms with E-state index in [9.17, 15) is 19.5 Å². The number of aromatic nitrogens is 1. The number of benzene rings is 2. The standard InChI is InChI=1S/C18H13NO5.C3H3NO2/c1-23-14-9-5-8-12(15(14)17(20)21)10-13-18(22)24-16(19-13)11-6-3-2-4-7-11;5-3-4-1-2-6-3/h2-10H,1H3,(H,20,21);1-2H,(H,4,5). The molecule has 2 heterocycles. The summed E-state index contributed by atoms with van der Waals surface area (Å²) in [7, 11) is 1.38. The van der Waals surface area contributed by atoms with Gasteiger partial charge in [-0.2, -0.15) is 0 Å². The van der Waals surface area contributed by atoms with Crippen molar-refractivity contribution in [3.05, 3.63) is 93.9 Å². The Bertz CT molecular complexity index is 1160. The van der Waals surface area contributed by atoms with Crippen molar-refractivity contribution >= 4 is 23.9 Å². The number of methoxy groups -OCH3 is 1. The zero-order valence-corrected chi connectivity index (χ0v) is 15.7. The number of carboxylic acid groups (broad SMARTS) is 1. The minimum atomic E-state index is -1.15. The fourth-order valence-electron chi connectivity index (χ4n) is 2.56. The molecular weight excluding hydrogens is 392 g/mol. The van der Waals surface area contributed by atoms with Gasteiger partial charge in [-0.05, 0) is 29.8 Å². The van der Waals surface area contributed by atoms with Gasteiger partial charge in [0.2, 0.25) is 5.90 Å². The molecule has 0 fully saturated rings. The normalized spacial score (nSPS) is 13.8. The number of carbonyl (C=O) groups is 2. The summed E-state index contributed by atoms with van der Waals surface area (Å²) in [6.07, 6.45) is 4.11. The van der Waals surface area contributed by atoms with Crippen LogP contribution in [0.3, 0.4) is 0 Å². The maximum Gasteiger partial charge on any atom is 0.416 e. The number of ether oxygens (including phenoxy) is 2. The fourth-order valence-corrected chi connectivity index (χ4v) is 2.56. The van der Waals surface area contributed by atoms with Crippen molar-refractivity contribution in [1.82, 2.24) is 4.98 Å². The van der Waals surface area contributed by atoms with E-state index in [-0.39, 0.29) is 22.9 Å². The lowest BCUT2D eigenvalue weighted by atomic mass is 10.1. The monoisotopic (exact) mass is 408 g/mol. The number of aliphatic imine (C=N–C) groups is 1. The molecule has 9 nitrogen and oxygen atoms in total. The van der Waals surface area contributed by atoms with Crippen molar-refractivity contribution in [2.24, 2.45) is 4.99 Å². The lowest BCUT2D eigenvalue weighted by Crippen LogP contribution is -2.06. The van der Waals surface area contributed by atoms with Crippen molar-refractivity contribution < 1.29 is 28.6 Å². The Morgan fingerprint density at radius 1 is 1.13 bits per heavy atom. The summed E-state index contributed by atoms with van der Waals surface area (Å²) in [5, 5.41) is 9.39. The highest BCUT2D eigenvalue weighted by Crippen LogP contribution is 2.26. The van der Waals surface area contributed by atoms with Crippen LogP contribution < -0.4 is 10.5 Å². The van der Waals surface area contributed by atoms with Crippen molar-refractivity contribution in [3.8, 4) is 5.75 Å². The molecule has 0 atom stereocenters. The number of H-pyrrole nitrogens is 1. The van der Waals surface area contributed by atoms with Gasteiger partial charge >= 0.3 is 17.7 Å². The molecule has 1 aromatic heterocycles. The molecule has 2 N–H and O–H groups in total. The summed E-state index contributed by atoms with van der Waals surface area (Å²) in [4.78, 5) is 39.8. The third-order valence-corrected chi connectivity index (χ3v) is 3.87. The van der Waals surface area contributed by atoms with Crippen LogP contribution in [-0.4, -0.2) is 35.0 Å². The number of aromatic amines is 1. The molecule has 0 amide bonds. The van der Waals surface area contributed by atoms with E-state index in [4.69, 9.17) is 9.47 Å². The molecule has 4 rings (SSSR count).